The molecular weight excluding hydrogens is 196 g/mol. The first-order valence-corrected chi connectivity index (χ1v) is 5.58. The molecule has 14 heavy (non-hydrogen) atoms. The number of aliphatic hydroxyl groups excluding tert-OH is 1. The van der Waals surface area contributed by atoms with Crippen molar-refractivity contribution in [3.63, 3.8) is 0 Å². The summed E-state index contributed by atoms with van der Waals surface area (Å²) in [4.78, 5) is 1.15. The Morgan fingerprint density at radius 1 is 1.43 bits per heavy atom. The van der Waals surface area contributed by atoms with E-state index >= 15 is 0 Å². The fraction of sp³-hybridized carbons (Fsp3) is 0.455. The van der Waals surface area contributed by atoms with Crippen molar-refractivity contribution in [1.82, 2.24) is 0 Å². The van der Waals surface area contributed by atoms with Gasteiger partial charge in [-0.1, -0.05) is 17.7 Å². The number of methoxy groups -OCH3 is 1. The van der Waals surface area contributed by atoms with E-state index in [-0.39, 0.29) is 6.61 Å². The van der Waals surface area contributed by atoms with Gasteiger partial charge in [-0.2, -0.15) is 0 Å². The summed E-state index contributed by atoms with van der Waals surface area (Å²) in [6, 6.07) is 6.14. The highest BCUT2D eigenvalue weighted by atomic mass is 32.2. The molecule has 0 spiro atoms. The number of aliphatic hydroxyl groups is 1. The lowest BCUT2D eigenvalue weighted by atomic mass is 10.1. The molecule has 0 aliphatic carbocycles. The molecule has 1 N–H and O–H groups in total. The number of hydrogen-bond acceptors (Lipinski definition) is 3. The quantitative estimate of drug-likeness (QED) is 0.599. The lowest BCUT2D eigenvalue weighted by Gasteiger charge is -2.07. The molecule has 0 saturated carbocycles. The van der Waals surface area contributed by atoms with Gasteiger partial charge in [-0.3, -0.25) is 0 Å². The van der Waals surface area contributed by atoms with E-state index in [2.05, 4.69) is 12.1 Å². The Balaban J connectivity index is 2.65. The molecule has 0 aromatic heterocycles. The van der Waals surface area contributed by atoms with Crippen LogP contribution in [0.25, 0.3) is 0 Å². The third-order valence-corrected chi connectivity index (χ3v) is 3.01. The summed E-state index contributed by atoms with van der Waals surface area (Å²) in [5.74, 6) is 0.923. The number of ether oxygens (including phenoxy) is 1. The van der Waals surface area contributed by atoms with Crippen LogP contribution in [0.5, 0.6) is 0 Å². The number of benzene rings is 1. The van der Waals surface area contributed by atoms with E-state index in [1.165, 1.54) is 5.56 Å². The van der Waals surface area contributed by atoms with Crippen LogP contribution in [0.3, 0.4) is 0 Å². The van der Waals surface area contributed by atoms with Crippen molar-refractivity contribution in [3.05, 3.63) is 29.3 Å². The van der Waals surface area contributed by atoms with Gasteiger partial charge in [0.2, 0.25) is 0 Å². The summed E-state index contributed by atoms with van der Waals surface area (Å²) < 4.78 is 4.98. The highest BCUT2D eigenvalue weighted by molar-refractivity contribution is 7.99. The smallest absolute Gasteiger partial charge is 0.0692 e. The van der Waals surface area contributed by atoms with Crippen LogP contribution in [-0.4, -0.2) is 24.6 Å². The van der Waals surface area contributed by atoms with Gasteiger partial charge >= 0.3 is 0 Å². The van der Waals surface area contributed by atoms with Crippen LogP contribution < -0.4 is 0 Å². The monoisotopic (exact) mass is 212 g/mol. The fourth-order valence-electron chi connectivity index (χ4n) is 1.21. The van der Waals surface area contributed by atoms with Crippen LogP contribution in [0.4, 0.5) is 0 Å². The Bertz CT molecular complexity index is 287. The summed E-state index contributed by atoms with van der Waals surface area (Å²) in [5.41, 5.74) is 2.19. The maximum atomic E-state index is 9.15. The van der Waals surface area contributed by atoms with Crippen LogP contribution in [-0.2, 0) is 11.3 Å². The Morgan fingerprint density at radius 3 is 2.86 bits per heavy atom. The van der Waals surface area contributed by atoms with Gasteiger partial charge in [-0.15, -0.1) is 11.8 Å². The van der Waals surface area contributed by atoms with E-state index in [0.29, 0.717) is 0 Å². The average Bonchev–Trinajstić information content (AvgIpc) is 2.20. The third kappa shape index (κ3) is 3.33. The normalized spacial score (nSPS) is 10.5. The Morgan fingerprint density at radius 2 is 2.21 bits per heavy atom. The lowest BCUT2D eigenvalue weighted by molar-refractivity contribution is 0.218. The minimum Gasteiger partial charge on any atom is -0.392 e. The van der Waals surface area contributed by atoms with Crippen LogP contribution in [0.15, 0.2) is 23.1 Å². The van der Waals surface area contributed by atoms with E-state index in [1.54, 1.807) is 18.9 Å². The Hall–Kier alpha value is -0.510. The molecule has 2 nitrogen and oxygen atoms in total. The second kappa shape index (κ2) is 6.06. The zero-order valence-corrected chi connectivity index (χ0v) is 9.43. The SMILES string of the molecule is COCCSc1ccc(C)cc1CO. The van der Waals surface area contributed by atoms with Gasteiger partial charge in [-0.05, 0) is 18.6 Å². The summed E-state index contributed by atoms with van der Waals surface area (Å²) in [5, 5.41) is 9.15. The van der Waals surface area contributed by atoms with Crippen molar-refractivity contribution in [2.75, 3.05) is 19.5 Å². The molecule has 1 aromatic rings. The summed E-state index contributed by atoms with van der Waals surface area (Å²) in [7, 11) is 1.70. The molecule has 0 amide bonds. The molecule has 78 valence electrons. The van der Waals surface area contributed by atoms with Crippen molar-refractivity contribution in [2.45, 2.75) is 18.4 Å². The molecule has 0 aliphatic rings. The number of thioether (sulfide) groups is 1. The van der Waals surface area contributed by atoms with Crippen molar-refractivity contribution < 1.29 is 9.84 Å². The first-order valence-electron chi connectivity index (χ1n) is 4.60. The van der Waals surface area contributed by atoms with Crippen LogP contribution >= 0.6 is 11.8 Å². The topological polar surface area (TPSA) is 29.5 Å². The maximum absolute atomic E-state index is 9.15. The van der Waals surface area contributed by atoms with E-state index in [0.717, 1.165) is 22.8 Å². The largest absolute Gasteiger partial charge is 0.392 e. The van der Waals surface area contributed by atoms with Gasteiger partial charge in [0.1, 0.15) is 0 Å². The Labute approximate surface area is 89.3 Å². The van der Waals surface area contributed by atoms with E-state index in [9.17, 15) is 0 Å². The number of hydrogen-bond donors (Lipinski definition) is 1. The molecule has 3 heteroatoms. The van der Waals surface area contributed by atoms with Crippen LogP contribution in [0.1, 0.15) is 11.1 Å². The first kappa shape index (κ1) is 11.6. The second-order valence-corrected chi connectivity index (χ2v) is 4.25. The zero-order chi connectivity index (χ0) is 10.4. The van der Waals surface area contributed by atoms with Gasteiger partial charge in [0.15, 0.2) is 0 Å². The van der Waals surface area contributed by atoms with Crippen molar-refractivity contribution in [1.29, 1.82) is 0 Å². The van der Waals surface area contributed by atoms with Crippen LogP contribution in [0.2, 0.25) is 0 Å². The fourth-order valence-corrected chi connectivity index (χ4v) is 2.15. The van der Waals surface area contributed by atoms with Gasteiger partial charge in [0, 0.05) is 17.8 Å². The standard InChI is InChI=1S/C11H16O2S/c1-9-3-4-11(10(7-9)8-12)14-6-5-13-2/h3-4,7,12H,5-6,8H2,1-2H3. The first-order chi connectivity index (χ1) is 6.77. The van der Waals surface area contributed by atoms with Crippen molar-refractivity contribution in [2.24, 2.45) is 0 Å². The molecule has 0 saturated heterocycles. The predicted octanol–water partition coefficient (Wildman–Crippen LogP) is 2.23. The molecule has 0 atom stereocenters. The van der Waals surface area contributed by atoms with Gasteiger partial charge in [0.05, 0.1) is 13.2 Å². The second-order valence-electron chi connectivity index (χ2n) is 3.11. The molecular formula is C11H16O2S. The van der Waals surface area contributed by atoms with E-state index in [4.69, 9.17) is 9.84 Å². The maximum Gasteiger partial charge on any atom is 0.0692 e. The third-order valence-electron chi connectivity index (χ3n) is 1.93. The molecule has 0 radical (unpaired) electrons. The molecule has 0 heterocycles. The van der Waals surface area contributed by atoms with Gasteiger partial charge in [0.25, 0.3) is 0 Å². The highest BCUT2D eigenvalue weighted by Crippen LogP contribution is 2.23. The lowest BCUT2D eigenvalue weighted by Crippen LogP contribution is -1.94. The molecule has 0 aliphatic heterocycles. The summed E-state index contributed by atoms with van der Waals surface area (Å²) in [6.07, 6.45) is 0. The average molecular weight is 212 g/mol. The highest BCUT2D eigenvalue weighted by Gasteiger charge is 2.01. The molecule has 0 bridgehead atoms. The van der Waals surface area contributed by atoms with Crippen LogP contribution in [0, 0.1) is 6.92 Å². The van der Waals surface area contributed by atoms with E-state index < -0.39 is 0 Å². The summed E-state index contributed by atoms with van der Waals surface area (Å²) >= 11 is 1.72. The number of aryl methyl sites for hydroxylation is 1. The van der Waals surface area contributed by atoms with Gasteiger partial charge < -0.3 is 9.84 Å². The van der Waals surface area contributed by atoms with Gasteiger partial charge in [-0.25, -0.2) is 0 Å². The molecule has 0 fully saturated rings. The van der Waals surface area contributed by atoms with E-state index in [1.807, 2.05) is 13.0 Å². The van der Waals surface area contributed by atoms with Crippen molar-refractivity contribution in [3.8, 4) is 0 Å². The molecule has 1 rings (SSSR count). The molecule has 1 aromatic carbocycles. The zero-order valence-electron chi connectivity index (χ0n) is 8.62. The minimum absolute atomic E-state index is 0.108. The molecule has 0 unspecified atom stereocenters. The predicted molar refractivity (Wildman–Crippen MR) is 59.7 cm³/mol. The summed E-state index contributed by atoms with van der Waals surface area (Å²) in [6.45, 7) is 2.88. The minimum atomic E-state index is 0.108. The Kier molecular flexibility index (Phi) is 5.01. The van der Waals surface area contributed by atoms with Crippen molar-refractivity contribution >= 4 is 11.8 Å². The number of rotatable bonds is 5.